The predicted molar refractivity (Wildman–Crippen MR) is 110 cm³/mol. The van der Waals surface area contributed by atoms with Crippen molar-refractivity contribution in [1.29, 1.82) is 0 Å². The zero-order chi connectivity index (χ0) is 22.4. The van der Waals surface area contributed by atoms with Crippen molar-refractivity contribution < 1.29 is 28.6 Å². The Morgan fingerprint density at radius 3 is 1.72 bits per heavy atom. The third-order valence-electron chi connectivity index (χ3n) is 3.79. The molecule has 2 amide bonds. The van der Waals surface area contributed by atoms with Crippen molar-refractivity contribution in [3.63, 3.8) is 0 Å². The highest BCUT2D eigenvalue weighted by Crippen LogP contribution is 2.27. The lowest BCUT2D eigenvalue weighted by Gasteiger charge is -2.34. The zero-order valence-electron chi connectivity index (χ0n) is 18.6. The second kappa shape index (κ2) is 9.76. The van der Waals surface area contributed by atoms with Gasteiger partial charge in [-0.1, -0.05) is 37.3 Å². The van der Waals surface area contributed by atoms with Gasteiger partial charge in [-0.2, -0.15) is 4.90 Å². The first-order chi connectivity index (χ1) is 13.3. The quantitative estimate of drug-likeness (QED) is 0.510. The predicted octanol–water partition coefficient (Wildman–Crippen LogP) is 4.89. The largest absolute Gasteiger partial charge is 0.464 e. The van der Waals surface area contributed by atoms with Crippen LogP contribution in [0.3, 0.4) is 0 Å². The highest BCUT2D eigenvalue weighted by Gasteiger charge is 2.44. The fourth-order valence-corrected chi connectivity index (χ4v) is 2.62. The number of esters is 1. The van der Waals surface area contributed by atoms with Crippen LogP contribution < -0.4 is 0 Å². The number of amides is 2. The molecule has 1 aromatic carbocycles. The van der Waals surface area contributed by atoms with Crippen molar-refractivity contribution >= 4 is 18.2 Å². The summed E-state index contributed by atoms with van der Waals surface area (Å²) in [5.41, 5.74) is -0.971. The molecule has 162 valence electrons. The van der Waals surface area contributed by atoms with E-state index in [2.05, 4.69) is 0 Å². The van der Waals surface area contributed by atoms with Gasteiger partial charge >= 0.3 is 18.2 Å². The second-order valence-corrected chi connectivity index (χ2v) is 8.73. The summed E-state index contributed by atoms with van der Waals surface area (Å²) in [5, 5.41) is 0. The molecule has 1 rings (SSSR count). The van der Waals surface area contributed by atoms with Gasteiger partial charge in [0.1, 0.15) is 11.2 Å². The number of hydrogen-bond donors (Lipinski definition) is 0. The fraction of sp³-hybridized carbons (Fsp3) is 0.591. The summed E-state index contributed by atoms with van der Waals surface area (Å²) in [6.07, 6.45) is -1.93. The van der Waals surface area contributed by atoms with Crippen LogP contribution in [0.2, 0.25) is 0 Å². The van der Waals surface area contributed by atoms with Crippen molar-refractivity contribution in [3.8, 4) is 0 Å². The average Bonchev–Trinajstić information content (AvgIpc) is 2.56. The SMILES string of the molecule is CCOC(=O)[C@@H]([C@H](C)c1ccccc1)N(C(=O)OC(C)(C)C)C(=O)OC(C)(C)C. The van der Waals surface area contributed by atoms with Gasteiger partial charge in [0.05, 0.1) is 6.61 Å². The summed E-state index contributed by atoms with van der Waals surface area (Å²) in [6, 6.07) is 7.87. The molecule has 0 radical (unpaired) electrons. The number of ether oxygens (including phenoxy) is 3. The van der Waals surface area contributed by atoms with Crippen LogP contribution in [0.4, 0.5) is 9.59 Å². The van der Waals surface area contributed by atoms with Gasteiger partial charge in [-0.3, -0.25) is 0 Å². The van der Waals surface area contributed by atoms with Gasteiger partial charge in [-0.05, 0) is 54.0 Å². The average molecular weight is 408 g/mol. The molecule has 1 aromatic rings. The van der Waals surface area contributed by atoms with Crippen LogP contribution >= 0.6 is 0 Å². The molecule has 0 N–H and O–H groups in total. The van der Waals surface area contributed by atoms with E-state index in [9.17, 15) is 14.4 Å². The summed E-state index contributed by atoms with van der Waals surface area (Å²) < 4.78 is 16.0. The number of rotatable bonds is 5. The van der Waals surface area contributed by atoms with E-state index in [-0.39, 0.29) is 6.61 Å². The van der Waals surface area contributed by atoms with E-state index in [1.165, 1.54) is 0 Å². The van der Waals surface area contributed by atoms with Crippen molar-refractivity contribution in [2.45, 2.75) is 78.6 Å². The topological polar surface area (TPSA) is 82.1 Å². The summed E-state index contributed by atoms with van der Waals surface area (Å²) in [6.45, 7) is 13.6. The molecule has 0 spiro atoms. The molecule has 2 atom stereocenters. The third kappa shape index (κ3) is 7.75. The lowest BCUT2D eigenvalue weighted by atomic mass is 9.92. The van der Waals surface area contributed by atoms with Gasteiger partial charge in [0.15, 0.2) is 6.04 Å². The first-order valence-corrected chi connectivity index (χ1v) is 9.73. The van der Waals surface area contributed by atoms with E-state index in [4.69, 9.17) is 14.2 Å². The number of imide groups is 1. The standard InChI is InChI=1S/C22H33NO6/c1-9-27-18(24)17(15(2)16-13-11-10-12-14-16)23(19(25)28-21(3,4)5)20(26)29-22(6,7)8/h10-15,17H,9H2,1-8H3/t15-,17-/m1/s1. The van der Waals surface area contributed by atoms with Gasteiger partial charge < -0.3 is 14.2 Å². The maximum absolute atomic E-state index is 13.0. The van der Waals surface area contributed by atoms with Gasteiger partial charge in [0, 0.05) is 5.92 Å². The Kier molecular flexibility index (Phi) is 8.24. The Hall–Kier alpha value is -2.57. The molecule has 0 aliphatic rings. The molecule has 0 aliphatic carbocycles. The fourth-order valence-electron chi connectivity index (χ4n) is 2.62. The normalized spacial score (nSPS) is 13.8. The van der Waals surface area contributed by atoms with Gasteiger partial charge in [-0.15, -0.1) is 0 Å². The maximum Gasteiger partial charge on any atom is 0.420 e. The van der Waals surface area contributed by atoms with Crippen LogP contribution in [0.15, 0.2) is 30.3 Å². The molecule has 7 heteroatoms. The van der Waals surface area contributed by atoms with Crippen LogP contribution in [-0.4, -0.2) is 46.9 Å². The van der Waals surface area contributed by atoms with Crippen molar-refractivity contribution in [2.24, 2.45) is 0 Å². The first kappa shape index (κ1) is 24.5. The summed E-state index contributed by atoms with van der Waals surface area (Å²) in [5.74, 6) is -1.25. The van der Waals surface area contributed by atoms with Crippen molar-refractivity contribution in [2.75, 3.05) is 6.61 Å². The molecule has 0 heterocycles. The molecule has 0 fully saturated rings. The minimum atomic E-state index is -1.25. The molecule has 0 unspecified atom stereocenters. The molecule has 0 aliphatic heterocycles. The van der Waals surface area contributed by atoms with Crippen LogP contribution in [-0.2, 0) is 19.0 Å². The Bertz CT molecular complexity index is 674. The lowest BCUT2D eigenvalue weighted by Crippen LogP contribution is -2.54. The van der Waals surface area contributed by atoms with E-state index in [0.29, 0.717) is 0 Å². The molecule has 0 saturated heterocycles. The van der Waals surface area contributed by atoms with E-state index in [1.807, 2.05) is 30.3 Å². The maximum atomic E-state index is 13.0. The van der Waals surface area contributed by atoms with Gasteiger partial charge in [0.2, 0.25) is 0 Å². The van der Waals surface area contributed by atoms with Crippen molar-refractivity contribution in [3.05, 3.63) is 35.9 Å². The minimum Gasteiger partial charge on any atom is -0.464 e. The zero-order valence-corrected chi connectivity index (χ0v) is 18.6. The van der Waals surface area contributed by atoms with Crippen LogP contribution in [0, 0.1) is 0 Å². The molecule has 0 aromatic heterocycles. The molecule has 7 nitrogen and oxygen atoms in total. The second-order valence-electron chi connectivity index (χ2n) is 8.73. The molecule has 0 saturated carbocycles. The van der Waals surface area contributed by atoms with E-state index < -0.39 is 41.3 Å². The van der Waals surface area contributed by atoms with Crippen LogP contribution in [0.25, 0.3) is 0 Å². The first-order valence-electron chi connectivity index (χ1n) is 9.73. The number of nitrogens with zero attached hydrogens (tertiary/aromatic N) is 1. The molecule has 0 bridgehead atoms. The molecule has 29 heavy (non-hydrogen) atoms. The van der Waals surface area contributed by atoms with Crippen LogP contribution in [0.5, 0.6) is 0 Å². The molecular weight excluding hydrogens is 374 g/mol. The van der Waals surface area contributed by atoms with Gasteiger partial charge in [0.25, 0.3) is 0 Å². The summed E-state index contributed by atoms with van der Waals surface area (Å²) >= 11 is 0. The smallest absolute Gasteiger partial charge is 0.420 e. The monoisotopic (exact) mass is 407 g/mol. The highest BCUT2D eigenvalue weighted by molar-refractivity contribution is 5.94. The number of carbonyl (C=O) groups is 3. The summed E-state index contributed by atoms with van der Waals surface area (Å²) in [4.78, 5) is 39.5. The number of benzene rings is 1. The van der Waals surface area contributed by atoms with Crippen LogP contribution in [0.1, 0.15) is 66.9 Å². The lowest BCUT2D eigenvalue weighted by molar-refractivity contribution is -0.150. The minimum absolute atomic E-state index is 0.104. The van der Waals surface area contributed by atoms with Gasteiger partial charge in [-0.25, -0.2) is 14.4 Å². The van der Waals surface area contributed by atoms with E-state index in [0.717, 1.165) is 10.5 Å². The number of hydrogen-bond acceptors (Lipinski definition) is 6. The van der Waals surface area contributed by atoms with E-state index >= 15 is 0 Å². The Balaban J connectivity index is 3.45. The van der Waals surface area contributed by atoms with Crippen molar-refractivity contribution in [1.82, 2.24) is 4.90 Å². The third-order valence-corrected chi connectivity index (χ3v) is 3.79. The summed E-state index contributed by atoms with van der Waals surface area (Å²) in [7, 11) is 0. The number of carbonyl (C=O) groups excluding carboxylic acids is 3. The van der Waals surface area contributed by atoms with E-state index in [1.54, 1.807) is 55.4 Å². The Morgan fingerprint density at radius 1 is 0.897 bits per heavy atom. The Labute approximate surface area is 173 Å². The highest BCUT2D eigenvalue weighted by atomic mass is 16.6. The Morgan fingerprint density at radius 2 is 1.34 bits per heavy atom. The molecular formula is C22H33NO6.